The van der Waals surface area contributed by atoms with Gasteiger partial charge >= 0.3 is 11.6 Å². The summed E-state index contributed by atoms with van der Waals surface area (Å²) in [4.78, 5) is 15.2. The van der Waals surface area contributed by atoms with Gasteiger partial charge in [-0.2, -0.15) is 13.2 Å². The number of sulfonamides is 1. The van der Waals surface area contributed by atoms with Crippen molar-refractivity contribution in [3.63, 3.8) is 0 Å². The molecule has 0 radical (unpaired) electrons. The molecule has 0 saturated carbocycles. The first kappa shape index (κ1) is 39.6. The van der Waals surface area contributed by atoms with E-state index in [4.69, 9.17) is 9.47 Å². The van der Waals surface area contributed by atoms with Crippen molar-refractivity contribution >= 4 is 49.4 Å². The van der Waals surface area contributed by atoms with Gasteiger partial charge in [-0.15, -0.1) is 22.0 Å². The summed E-state index contributed by atoms with van der Waals surface area (Å²) in [7, 11) is -10.7. The Morgan fingerprint density at radius 3 is 2.37 bits per heavy atom. The van der Waals surface area contributed by atoms with Gasteiger partial charge in [0.1, 0.15) is 16.3 Å². The van der Waals surface area contributed by atoms with Crippen LogP contribution in [0, 0.1) is 0 Å². The van der Waals surface area contributed by atoms with E-state index < -0.39 is 52.9 Å². The predicted octanol–water partition coefficient (Wildman–Crippen LogP) is 4.46. The number of anilines is 2. The van der Waals surface area contributed by atoms with Gasteiger partial charge in [0.05, 0.1) is 23.8 Å². The molecule has 1 atom stereocenters. The summed E-state index contributed by atoms with van der Waals surface area (Å²) >= 11 is 1.45. The molecule has 0 spiro atoms. The molecule has 2 aromatic carbocycles. The molecule has 0 bridgehead atoms. The molecule has 3 aromatic rings. The fraction of sp³-hybridized carbons (Fsp3) is 0.531. The Labute approximate surface area is 305 Å². The third kappa shape index (κ3) is 10.1. The maximum absolute atomic E-state index is 14.1. The predicted molar refractivity (Wildman–Crippen MR) is 188 cm³/mol. The van der Waals surface area contributed by atoms with Crippen LogP contribution in [0.5, 0.6) is 0 Å². The minimum atomic E-state index is -6.02. The third-order valence-electron chi connectivity index (χ3n) is 8.21. The lowest BCUT2D eigenvalue weighted by molar-refractivity contribution is -0.0436. The Bertz CT molecular complexity index is 1920. The number of carbonyl (C=O) groups excluding carboxylic acids is 1. The molecule has 20 heteroatoms. The zero-order chi connectivity index (χ0) is 37.7. The molecule has 5 rings (SSSR count). The van der Waals surface area contributed by atoms with Crippen LogP contribution in [-0.2, 0) is 42.3 Å². The van der Waals surface area contributed by atoms with Crippen LogP contribution < -0.4 is 10.0 Å². The number of nitrogens with one attached hydrogen (secondary N) is 2. The summed E-state index contributed by atoms with van der Waals surface area (Å²) in [6, 6.07) is 11.4. The first-order valence-electron chi connectivity index (χ1n) is 16.6. The largest absolute Gasteiger partial charge is 0.501 e. The molecule has 2 aliphatic heterocycles. The minimum absolute atomic E-state index is 0.0861. The maximum Gasteiger partial charge on any atom is 0.501 e. The van der Waals surface area contributed by atoms with Crippen LogP contribution in [-0.4, -0.2) is 116 Å². The summed E-state index contributed by atoms with van der Waals surface area (Å²) in [5, 5.41) is 10.9. The van der Waals surface area contributed by atoms with E-state index in [9.17, 15) is 34.8 Å². The number of aromatic nitrogens is 3. The number of benzene rings is 2. The van der Waals surface area contributed by atoms with Gasteiger partial charge in [-0.1, -0.05) is 18.2 Å². The lowest BCUT2D eigenvalue weighted by Gasteiger charge is -2.29. The van der Waals surface area contributed by atoms with Gasteiger partial charge in [-0.3, -0.25) is 9.47 Å². The molecule has 52 heavy (non-hydrogen) atoms. The fourth-order valence-corrected chi connectivity index (χ4v) is 8.56. The van der Waals surface area contributed by atoms with Gasteiger partial charge in [0.15, 0.2) is 0 Å². The van der Waals surface area contributed by atoms with Crippen molar-refractivity contribution in [3.8, 4) is 0 Å². The molecule has 2 aliphatic rings. The highest BCUT2D eigenvalue weighted by Gasteiger charge is 2.48. The summed E-state index contributed by atoms with van der Waals surface area (Å²) < 4.78 is 110. The zero-order valence-corrected chi connectivity index (χ0v) is 31.4. The summed E-state index contributed by atoms with van der Waals surface area (Å²) in [6.07, 6.45) is 0.121. The summed E-state index contributed by atoms with van der Waals surface area (Å²) in [6.45, 7) is 8.69. The number of amides is 1. The Balaban J connectivity index is 1.40. The molecule has 0 unspecified atom stereocenters. The summed E-state index contributed by atoms with van der Waals surface area (Å²) in [5.74, 6) is 0.495. The van der Waals surface area contributed by atoms with E-state index in [2.05, 4.69) is 25.1 Å². The van der Waals surface area contributed by atoms with Crippen molar-refractivity contribution in [1.29, 1.82) is 0 Å². The highest BCUT2D eigenvalue weighted by atomic mass is 32.2. The van der Waals surface area contributed by atoms with Crippen LogP contribution in [0.3, 0.4) is 0 Å². The van der Waals surface area contributed by atoms with Gasteiger partial charge in [-0.05, 0) is 57.5 Å². The van der Waals surface area contributed by atoms with Crippen molar-refractivity contribution in [1.82, 2.24) is 24.6 Å². The lowest BCUT2D eigenvalue weighted by Crippen LogP contribution is -2.39. The number of sulfone groups is 1. The van der Waals surface area contributed by atoms with E-state index in [1.54, 1.807) is 20.8 Å². The molecule has 1 saturated heterocycles. The van der Waals surface area contributed by atoms with Crippen molar-refractivity contribution in [2.24, 2.45) is 0 Å². The average molecular weight is 790 g/mol. The van der Waals surface area contributed by atoms with Crippen molar-refractivity contribution in [2.45, 2.75) is 72.0 Å². The molecule has 14 nitrogen and oxygen atoms in total. The van der Waals surface area contributed by atoms with E-state index in [-0.39, 0.29) is 37.7 Å². The molecule has 1 fully saturated rings. The Hall–Kier alpha value is -3.59. The molecule has 1 amide bonds. The second-order valence-corrected chi connectivity index (χ2v) is 17.9. The number of carbonyl (C=O) groups is 1. The van der Waals surface area contributed by atoms with Crippen molar-refractivity contribution < 1.29 is 44.3 Å². The number of morpholine rings is 1. The fourth-order valence-electron chi connectivity index (χ4n) is 5.52. The highest BCUT2D eigenvalue weighted by molar-refractivity contribution is 7.99. The number of rotatable bonds is 12. The second-order valence-electron chi connectivity index (χ2n) is 13.2. The van der Waals surface area contributed by atoms with Gasteiger partial charge < -0.3 is 19.7 Å². The van der Waals surface area contributed by atoms with Gasteiger partial charge in [0.25, 0.3) is 19.9 Å². The molecule has 0 aliphatic carbocycles. The molecular weight excluding hydrogens is 748 g/mol. The quantitative estimate of drug-likeness (QED) is 0.248. The second kappa shape index (κ2) is 16.2. The number of halogens is 3. The molecule has 1 aromatic heterocycles. The Morgan fingerprint density at radius 2 is 1.69 bits per heavy atom. The van der Waals surface area contributed by atoms with Crippen LogP contribution in [0.25, 0.3) is 0 Å². The summed E-state index contributed by atoms with van der Waals surface area (Å²) in [5.41, 5.74) is -6.82. The Kier molecular flexibility index (Phi) is 12.3. The van der Waals surface area contributed by atoms with Crippen LogP contribution in [0.2, 0.25) is 0 Å². The first-order chi connectivity index (χ1) is 24.4. The van der Waals surface area contributed by atoms with Crippen LogP contribution >= 0.6 is 11.8 Å². The monoisotopic (exact) mass is 789 g/mol. The van der Waals surface area contributed by atoms with Crippen LogP contribution in [0.4, 0.5) is 29.6 Å². The maximum atomic E-state index is 14.1. The lowest BCUT2D eigenvalue weighted by atomic mass is 10.2. The van der Waals surface area contributed by atoms with E-state index in [0.29, 0.717) is 56.9 Å². The van der Waals surface area contributed by atoms with Gasteiger partial charge in [-0.25, -0.2) is 26.4 Å². The minimum Gasteiger partial charge on any atom is -0.444 e. The molecule has 3 heterocycles. The van der Waals surface area contributed by atoms with Crippen LogP contribution in [0.15, 0.2) is 63.2 Å². The number of hydrogen-bond donors (Lipinski definition) is 2. The standard InChI is InChI=1S/C32H42F3N7O7S3/c1-31(2,3)49-30(43)41-14-12-28-37-38-29(42(28)16-15-41)39-52(46,47)25-9-10-26(27(21-25)51(44,45)32(33,34)35)36-23(11-13-40-17-19-48-20-18-40)22-50-24-7-5-4-6-8-24/h4-10,21,23,36H,11-20,22H2,1-3H3,(H,38,39)/t23-/m1/s1. The van der Waals surface area contributed by atoms with Crippen molar-refractivity contribution in [2.75, 3.05) is 61.7 Å². The Morgan fingerprint density at radius 1 is 0.981 bits per heavy atom. The number of fused-ring (bicyclic) bond motifs is 1. The first-order valence-corrected chi connectivity index (χ1v) is 20.5. The smallest absolute Gasteiger partial charge is 0.444 e. The number of nitrogens with zero attached hydrogens (tertiary/aromatic N) is 5. The average Bonchev–Trinajstić information content (AvgIpc) is 3.31. The highest BCUT2D eigenvalue weighted by Crippen LogP contribution is 2.37. The van der Waals surface area contributed by atoms with Gasteiger partial charge in [0.2, 0.25) is 5.95 Å². The number of thioether (sulfide) groups is 1. The SMILES string of the molecule is CC(C)(C)OC(=O)N1CCc2nnc(NS(=O)(=O)c3ccc(N[C@H](CCN4CCOCC4)CSc4ccccc4)c(S(=O)(=O)C(F)(F)F)c3)n2CC1. The molecule has 286 valence electrons. The van der Waals surface area contributed by atoms with E-state index in [0.717, 1.165) is 17.0 Å². The number of ether oxygens (including phenoxy) is 2. The molecule has 2 N–H and O–H groups in total. The van der Waals surface area contributed by atoms with E-state index in [1.807, 2.05) is 30.3 Å². The van der Waals surface area contributed by atoms with E-state index >= 15 is 0 Å². The normalized spacial score (nSPS) is 16.8. The van der Waals surface area contributed by atoms with Crippen molar-refractivity contribution in [3.05, 3.63) is 54.4 Å². The number of hydrogen-bond acceptors (Lipinski definition) is 12. The number of alkyl halides is 3. The zero-order valence-electron chi connectivity index (χ0n) is 28.9. The third-order valence-corrected chi connectivity index (χ3v) is 12.2. The topological polar surface area (TPSA) is 165 Å². The van der Waals surface area contributed by atoms with E-state index in [1.165, 1.54) is 21.2 Å². The van der Waals surface area contributed by atoms with Gasteiger partial charge in [0, 0.05) is 62.4 Å². The molecular formula is C32H42F3N7O7S3. The van der Waals surface area contributed by atoms with Crippen LogP contribution in [0.1, 0.15) is 33.0 Å².